The summed E-state index contributed by atoms with van der Waals surface area (Å²) in [5, 5.41) is 6.67. The first-order chi connectivity index (χ1) is 8.63. The van der Waals surface area contributed by atoms with Crippen molar-refractivity contribution >= 4 is 29.9 Å². The fraction of sp³-hybridized carbons (Fsp3) is 0.533. The molecule has 0 fully saturated rings. The Labute approximate surface area is 134 Å². The monoisotopic (exact) mass is 375 g/mol. The number of benzene rings is 1. The molecule has 0 aromatic heterocycles. The summed E-state index contributed by atoms with van der Waals surface area (Å²) in [7, 11) is 1.81. The van der Waals surface area contributed by atoms with Crippen molar-refractivity contribution in [2.24, 2.45) is 10.9 Å². The van der Waals surface area contributed by atoms with Crippen LogP contribution in [0.2, 0.25) is 0 Å². The van der Waals surface area contributed by atoms with Crippen LogP contribution in [0.25, 0.3) is 0 Å². The minimum atomic E-state index is 0. The van der Waals surface area contributed by atoms with Crippen molar-refractivity contribution in [3.63, 3.8) is 0 Å². The van der Waals surface area contributed by atoms with E-state index >= 15 is 0 Å². The SMILES string of the molecule is CN=C(NCCC(C)C)NCc1ccccc1C.I. The summed E-state index contributed by atoms with van der Waals surface area (Å²) in [5.41, 5.74) is 2.62. The number of hydrogen-bond acceptors (Lipinski definition) is 1. The zero-order chi connectivity index (χ0) is 13.4. The highest BCUT2D eigenvalue weighted by Gasteiger charge is 2.00. The van der Waals surface area contributed by atoms with Gasteiger partial charge in [0.05, 0.1) is 0 Å². The molecular weight excluding hydrogens is 349 g/mol. The second-order valence-corrected chi connectivity index (χ2v) is 4.96. The Bertz CT molecular complexity index is 389. The van der Waals surface area contributed by atoms with Crippen LogP contribution in [0.5, 0.6) is 0 Å². The number of nitrogens with one attached hydrogen (secondary N) is 2. The number of nitrogens with zero attached hydrogens (tertiary/aromatic N) is 1. The molecule has 1 aromatic rings. The van der Waals surface area contributed by atoms with Crippen LogP contribution in [0.4, 0.5) is 0 Å². The molecule has 0 aliphatic heterocycles. The Morgan fingerprint density at radius 1 is 1.21 bits per heavy atom. The number of halogens is 1. The van der Waals surface area contributed by atoms with Gasteiger partial charge >= 0.3 is 0 Å². The third-order valence-corrected chi connectivity index (χ3v) is 2.95. The lowest BCUT2D eigenvalue weighted by molar-refractivity contribution is 0.573. The highest BCUT2D eigenvalue weighted by Crippen LogP contribution is 2.05. The van der Waals surface area contributed by atoms with Crippen molar-refractivity contribution in [3.8, 4) is 0 Å². The Kier molecular flexibility index (Phi) is 9.65. The van der Waals surface area contributed by atoms with Crippen molar-refractivity contribution in [1.82, 2.24) is 10.6 Å². The van der Waals surface area contributed by atoms with Crippen LogP contribution >= 0.6 is 24.0 Å². The molecule has 19 heavy (non-hydrogen) atoms. The van der Waals surface area contributed by atoms with Gasteiger partial charge in [0.15, 0.2) is 5.96 Å². The minimum Gasteiger partial charge on any atom is -0.356 e. The summed E-state index contributed by atoms with van der Waals surface area (Å²) in [5.74, 6) is 1.59. The molecule has 0 heterocycles. The molecule has 2 N–H and O–H groups in total. The Hall–Kier alpha value is -0.780. The molecule has 0 radical (unpaired) electrons. The fourth-order valence-corrected chi connectivity index (χ4v) is 1.69. The maximum absolute atomic E-state index is 4.22. The lowest BCUT2D eigenvalue weighted by atomic mass is 10.1. The molecular formula is C15H26IN3. The molecule has 1 rings (SSSR count). The molecule has 3 nitrogen and oxygen atoms in total. The summed E-state index contributed by atoms with van der Waals surface area (Å²) in [4.78, 5) is 4.22. The van der Waals surface area contributed by atoms with Gasteiger partial charge in [-0.2, -0.15) is 0 Å². The van der Waals surface area contributed by atoms with Crippen molar-refractivity contribution in [1.29, 1.82) is 0 Å². The first-order valence-corrected chi connectivity index (χ1v) is 6.62. The number of rotatable bonds is 5. The summed E-state index contributed by atoms with van der Waals surface area (Å²) in [6.07, 6.45) is 1.16. The van der Waals surface area contributed by atoms with Crippen LogP contribution in [-0.4, -0.2) is 19.6 Å². The Balaban J connectivity index is 0.00000324. The van der Waals surface area contributed by atoms with Gasteiger partial charge in [-0.25, -0.2) is 0 Å². The normalized spacial score (nSPS) is 11.1. The lowest BCUT2D eigenvalue weighted by Crippen LogP contribution is -2.37. The molecule has 0 saturated heterocycles. The van der Waals surface area contributed by atoms with Crippen LogP contribution in [0.1, 0.15) is 31.4 Å². The number of hydrogen-bond donors (Lipinski definition) is 2. The molecule has 0 unspecified atom stereocenters. The van der Waals surface area contributed by atoms with Crippen molar-refractivity contribution in [3.05, 3.63) is 35.4 Å². The molecule has 4 heteroatoms. The van der Waals surface area contributed by atoms with E-state index in [4.69, 9.17) is 0 Å². The second-order valence-electron chi connectivity index (χ2n) is 4.96. The van der Waals surface area contributed by atoms with E-state index in [2.05, 4.69) is 60.7 Å². The summed E-state index contributed by atoms with van der Waals surface area (Å²) in [6, 6.07) is 8.41. The predicted molar refractivity (Wildman–Crippen MR) is 94.3 cm³/mol. The third kappa shape index (κ3) is 7.40. The molecule has 0 saturated carbocycles. The van der Waals surface area contributed by atoms with E-state index in [-0.39, 0.29) is 24.0 Å². The van der Waals surface area contributed by atoms with Crippen LogP contribution < -0.4 is 10.6 Å². The van der Waals surface area contributed by atoms with Gasteiger partial charge in [-0.1, -0.05) is 38.1 Å². The van der Waals surface area contributed by atoms with Crippen molar-refractivity contribution in [2.45, 2.75) is 33.7 Å². The zero-order valence-corrected chi connectivity index (χ0v) is 14.7. The van der Waals surface area contributed by atoms with Gasteiger partial charge in [0.1, 0.15) is 0 Å². The van der Waals surface area contributed by atoms with Gasteiger partial charge < -0.3 is 10.6 Å². The van der Waals surface area contributed by atoms with E-state index in [1.165, 1.54) is 11.1 Å². The van der Waals surface area contributed by atoms with E-state index in [9.17, 15) is 0 Å². The van der Waals surface area contributed by atoms with Crippen LogP contribution in [0.15, 0.2) is 29.3 Å². The summed E-state index contributed by atoms with van der Waals surface area (Å²) >= 11 is 0. The van der Waals surface area contributed by atoms with E-state index in [0.29, 0.717) is 5.92 Å². The number of aliphatic imine (C=N–C) groups is 1. The average Bonchev–Trinajstić information content (AvgIpc) is 2.35. The predicted octanol–water partition coefficient (Wildman–Crippen LogP) is 3.32. The van der Waals surface area contributed by atoms with E-state index in [1.807, 2.05) is 7.05 Å². The van der Waals surface area contributed by atoms with Gasteiger partial charge in [-0.3, -0.25) is 4.99 Å². The number of aryl methyl sites for hydroxylation is 1. The van der Waals surface area contributed by atoms with Gasteiger partial charge in [-0.15, -0.1) is 24.0 Å². The molecule has 0 atom stereocenters. The molecule has 0 spiro atoms. The van der Waals surface area contributed by atoms with E-state index < -0.39 is 0 Å². The van der Waals surface area contributed by atoms with E-state index in [1.54, 1.807) is 0 Å². The molecule has 0 bridgehead atoms. The summed E-state index contributed by atoms with van der Waals surface area (Å²) < 4.78 is 0. The highest BCUT2D eigenvalue weighted by atomic mass is 127. The topological polar surface area (TPSA) is 36.4 Å². The average molecular weight is 375 g/mol. The maximum Gasteiger partial charge on any atom is 0.191 e. The second kappa shape index (κ2) is 10.1. The van der Waals surface area contributed by atoms with Gasteiger partial charge in [0.25, 0.3) is 0 Å². The lowest BCUT2D eigenvalue weighted by Gasteiger charge is -2.13. The molecule has 0 aliphatic rings. The highest BCUT2D eigenvalue weighted by molar-refractivity contribution is 14.0. The first-order valence-electron chi connectivity index (χ1n) is 6.62. The quantitative estimate of drug-likeness (QED) is 0.471. The fourth-order valence-electron chi connectivity index (χ4n) is 1.69. The van der Waals surface area contributed by atoms with Crippen LogP contribution in [0, 0.1) is 12.8 Å². The van der Waals surface area contributed by atoms with Crippen LogP contribution in [-0.2, 0) is 6.54 Å². The van der Waals surface area contributed by atoms with Gasteiger partial charge in [0.2, 0.25) is 0 Å². The third-order valence-electron chi connectivity index (χ3n) is 2.95. The molecule has 108 valence electrons. The molecule has 1 aromatic carbocycles. The smallest absolute Gasteiger partial charge is 0.191 e. The number of guanidine groups is 1. The van der Waals surface area contributed by atoms with Crippen LogP contribution in [0.3, 0.4) is 0 Å². The van der Waals surface area contributed by atoms with Crippen molar-refractivity contribution in [2.75, 3.05) is 13.6 Å². The molecule has 0 aliphatic carbocycles. The Morgan fingerprint density at radius 3 is 2.47 bits per heavy atom. The van der Waals surface area contributed by atoms with E-state index in [0.717, 1.165) is 25.5 Å². The summed E-state index contributed by atoms with van der Waals surface area (Å²) in [6.45, 7) is 8.36. The largest absolute Gasteiger partial charge is 0.356 e. The zero-order valence-electron chi connectivity index (χ0n) is 12.4. The maximum atomic E-state index is 4.22. The minimum absolute atomic E-state index is 0. The standard InChI is InChI=1S/C15H25N3.HI/c1-12(2)9-10-17-15(16-4)18-11-14-8-6-5-7-13(14)3;/h5-8,12H,9-11H2,1-4H3,(H2,16,17,18);1H. The Morgan fingerprint density at radius 2 is 1.89 bits per heavy atom. The first kappa shape index (κ1) is 18.2. The van der Waals surface area contributed by atoms with Gasteiger partial charge in [-0.05, 0) is 30.4 Å². The molecule has 0 amide bonds. The van der Waals surface area contributed by atoms with Gasteiger partial charge in [0, 0.05) is 20.1 Å². The van der Waals surface area contributed by atoms with Crippen molar-refractivity contribution < 1.29 is 0 Å².